The van der Waals surface area contributed by atoms with Crippen LogP contribution in [0.15, 0.2) is 42.5 Å². The Bertz CT molecular complexity index is 993. The van der Waals surface area contributed by atoms with Gasteiger partial charge in [0.25, 0.3) is 11.6 Å². The van der Waals surface area contributed by atoms with Crippen molar-refractivity contribution < 1.29 is 19.6 Å². The molecule has 1 aliphatic rings. The van der Waals surface area contributed by atoms with Gasteiger partial charge < -0.3 is 20.1 Å². The highest BCUT2D eigenvalue weighted by Gasteiger charge is 2.44. The van der Waals surface area contributed by atoms with E-state index >= 15 is 0 Å². The topological polar surface area (TPSA) is 105 Å². The molecule has 2 aromatic carbocycles. The van der Waals surface area contributed by atoms with Crippen molar-refractivity contribution in [1.29, 1.82) is 0 Å². The minimum absolute atomic E-state index is 0.0702. The Morgan fingerprint density at radius 3 is 2.72 bits per heavy atom. The average molecular weight is 442 g/mol. The minimum atomic E-state index is -1.04. The molecule has 3 atom stereocenters. The summed E-state index contributed by atoms with van der Waals surface area (Å²) in [4.78, 5) is 25.6. The van der Waals surface area contributed by atoms with Crippen LogP contribution in [-0.4, -0.2) is 54.6 Å². The SMILES string of the molecule is COc1cccc(C2(O)CCC(NC(=O)c3ccc(C)c([N+](=O)[O-])c3)CC2CN(C)C)c1. The summed E-state index contributed by atoms with van der Waals surface area (Å²) in [5.41, 5.74) is 0.475. The fourth-order valence-corrected chi connectivity index (χ4v) is 4.54. The number of hydrogen-bond donors (Lipinski definition) is 2. The highest BCUT2D eigenvalue weighted by atomic mass is 16.6. The monoisotopic (exact) mass is 441 g/mol. The van der Waals surface area contributed by atoms with Crippen molar-refractivity contribution in [2.75, 3.05) is 27.7 Å². The molecule has 2 aromatic rings. The number of benzene rings is 2. The molecule has 0 spiro atoms. The number of aryl methyl sites for hydroxylation is 1. The quantitative estimate of drug-likeness (QED) is 0.505. The van der Waals surface area contributed by atoms with Crippen LogP contribution >= 0.6 is 0 Å². The predicted octanol–water partition coefficient (Wildman–Crippen LogP) is 3.26. The molecule has 8 heteroatoms. The average Bonchev–Trinajstić information content (AvgIpc) is 2.76. The lowest BCUT2D eigenvalue weighted by molar-refractivity contribution is -0.385. The molecular weight excluding hydrogens is 410 g/mol. The van der Waals surface area contributed by atoms with Crippen molar-refractivity contribution >= 4 is 11.6 Å². The fraction of sp³-hybridized carbons (Fsp3) is 0.458. The van der Waals surface area contributed by atoms with E-state index in [0.29, 0.717) is 37.1 Å². The van der Waals surface area contributed by atoms with Gasteiger partial charge in [0.05, 0.1) is 17.6 Å². The molecule has 0 bridgehead atoms. The second kappa shape index (κ2) is 9.67. The summed E-state index contributed by atoms with van der Waals surface area (Å²) in [5, 5.41) is 25.9. The number of methoxy groups -OCH3 is 1. The smallest absolute Gasteiger partial charge is 0.273 e. The number of carbonyl (C=O) groups is 1. The van der Waals surface area contributed by atoms with Crippen LogP contribution in [0.3, 0.4) is 0 Å². The molecule has 3 rings (SSSR count). The summed E-state index contributed by atoms with van der Waals surface area (Å²) in [7, 11) is 5.52. The summed E-state index contributed by atoms with van der Waals surface area (Å²) in [6.07, 6.45) is 1.67. The standard InChI is InChI=1S/C24H31N3O5/c1-16-8-9-17(12-22(16)27(30)31)23(28)25-20-10-11-24(29,19(13-20)15-26(2)3)18-6-5-7-21(14-18)32-4/h5-9,12,14,19-20,29H,10-11,13,15H2,1-4H3,(H,25,28). The van der Waals surface area contributed by atoms with Crippen molar-refractivity contribution in [3.8, 4) is 5.75 Å². The van der Waals surface area contributed by atoms with Gasteiger partial charge in [-0.3, -0.25) is 14.9 Å². The van der Waals surface area contributed by atoms with Crippen molar-refractivity contribution in [3.63, 3.8) is 0 Å². The zero-order valence-corrected chi connectivity index (χ0v) is 19.0. The molecule has 1 aliphatic carbocycles. The molecular formula is C24H31N3O5. The molecule has 0 saturated heterocycles. The van der Waals surface area contributed by atoms with E-state index in [1.54, 1.807) is 26.2 Å². The van der Waals surface area contributed by atoms with Gasteiger partial charge in [0.1, 0.15) is 5.75 Å². The van der Waals surface area contributed by atoms with E-state index in [2.05, 4.69) is 5.32 Å². The number of nitro benzene ring substituents is 1. The normalized spacial score (nSPS) is 23.1. The summed E-state index contributed by atoms with van der Waals surface area (Å²) >= 11 is 0. The van der Waals surface area contributed by atoms with Gasteiger partial charge in [0.15, 0.2) is 0 Å². The molecule has 1 fully saturated rings. The van der Waals surface area contributed by atoms with Crippen LogP contribution in [-0.2, 0) is 5.60 Å². The van der Waals surface area contributed by atoms with Crippen LogP contribution in [0.5, 0.6) is 5.75 Å². The van der Waals surface area contributed by atoms with Crippen LogP contribution in [0.25, 0.3) is 0 Å². The van der Waals surface area contributed by atoms with Crippen molar-refractivity contribution in [3.05, 3.63) is 69.3 Å². The van der Waals surface area contributed by atoms with Crippen LogP contribution < -0.4 is 10.1 Å². The number of rotatable bonds is 7. The molecule has 1 saturated carbocycles. The molecule has 1 amide bonds. The highest BCUT2D eigenvalue weighted by molar-refractivity contribution is 5.95. The number of aliphatic hydroxyl groups is 1. The summed E-state index contributed by atoms with van der Waals surface area (Å²) in [6.45, 7) is 2.29. The van der Waals surface area contributed by atoms with E-state index in [1.165, 1.54) is 6.07 Å². The lowest BCUT2D eigenvalue weighted by atomic mass is 9.69. The molecule has 32 heavy (non-hydrogen) atoms. The number of carbonyl (C=O) groups excluding carboxylic acids is 1. The number of amides is 1. The van der Waals surface area contributed by atoms with E-state index in [4.69, 9.17) is 4.74 Å². The lowest BCUT2D eigenvalue weighted by Gasteiger charge is -2.44. The van der Waals surface area contributed by atoms with Crippen LogP contribution in [0.4, 0.5) is 5.69 Å². The minimum Gasteiger partial charge on any atom is -0.497 e. The first kappa shape index (κ1) is 23.7. The molecule has 0 aliphatic heterocycles. The maximum Gasteiger partial charge on any atom is 0.273 e. The third-order valence-electron chi connectivity index (χ3n) is 6.28. The zero-order valence-electron chi connectivity index (χ0n) is 19.0. The number of nitro groups is 1. The predicted molar refractivity (Wildman–Crippen MR) is 122 cm³/mol. The third kappa shape index (κ3) is 5.08. The van der Waals surface area contributed by atoms with Crippen molar-refractivity contribution in [1.82, 2.24) is 10.2 Å². The van der Waals surface area contributed by atoms with Gasteiger partial charge in [0, 0.05) is 35.7 Å². The summed E-state index contributed by atoms with van der Waals surface area (Å²) < 4.78 is 5.34. The molecule has 0 radical (unpaired) electrons. The molecule has 0 heterocycles. The van der Waals surface area contributed by atoms with Gasteiger partial charge in [-0.1, -0.05) is 18.2 Å². The van der Waals surface area contributed by atoms with Gasteiger partial charge in [-0.2, -0.15) is 0 Å². The Labute approximate surface area is 188 Å². The first-order chi connectivity index (χ1) is 15.1. The highest BCUT2D eigenvalue weighted by Crippen LogP contribution is 2.43. The largest absolute Gasteiger partial charge is 0.497 e. The van der Waals surface area contributed by atoms with Gasteiger partial charge in [-0.25, -0.2) is 0 Å². The first-order valence-electron chi connectivity index (χ1n) is 10.7. The second-order valence-corrected chi connectivity index (χ2v) is 8.82. The fourth-order valence-electron chi connectivity index (χ4n) is 4.54. The number of ether oxygens (including phenoxy) is 1. The molecule has 3 unspecified atom stereocenters. The number of nitrogens with zero attached hydrogens (tertiary/aromatic N) is 2. The third-order valence-corrected chi connectivity index (χ3v) is 6.28. The Kier molecular flexibility index (Phi) is 7.16. The van der Waals surface area contributed by atoms with Gasteiger partial charge in [-0.05, 0) is 64.0 Å². The Hall–Kier alpha value is -2.97. The Morgan fingerprint density at radius 1 is 1.31 bits per heavy atom. The van der Waals surface area contributed by atoms with Crippen molar-refractivity contribution in [2.45, 2.75) is 37.8 Å². The maximum atomic E-state index is 12.8. The Morgan fingerprint density at radius 2 is 2.06 bits per heavy atom. The molecule has 8 nitrogen and oxygen atoms in total. The zero-order chi connectivity index (χ0) is 23.5. The van der Waals surface area contributed by atoms with Crippen LogP contribution in [0.1, 0.15) is 40.7 Å². The number of nitrogens with one attached hydrogen (secondary N) is 1. The van der Waals surface area contributed by atoms with Crippen LogP contribution in [0.2, 0.25) is 0 Å². The first-order valence-corrected chi connectivity index (χ1v) is 10.7. The van der Waals surface area contributed by atoms with E-state index in [9.17, 15) is 20.0 Å². The van der Waals surface area contributed by atoms with E-state index in [1.807, 2.05) is 43.3 Å². The summed E-state index contributed by atoms with van der Waals surface area (Å²) in [5.74, 6) is 0.237. The molecule has 2 N–H and O–H groups in total. The van der Waals surface area contributed by atoms with E-state index in [0.717, 1.165) is 5.56 Å². The maximum absolute atomic E-state index is 12.8. The van der Waals surface area contributed by atoms with Crippen molar-refractivity contribution in [2.24, 2.45) is 5.92 Å². The number of hydrogen-bond acceptors (Lipinski definition) is 6. The summed E-state index contributed by atoms with van der Waals surface area (Å²) in [6, 6.07) is 11.9. The second-order valence-electron chi connectivity index (χ2n) is 8.82. The van der Waals surface area contributed by atoms with E-state index in [-0.39, 0.29) is 29.1 Å². The molecule has 0 aromatic heterocycles. The van der Waals surface area contributed by atoms with Gasteiger partial charge in [-0.15, -0.1) is 0 Å². The lowest BCUT2D eigenvalue weighted by Crippen LogP contribution is -2.50. The Balaban J connectivity index is 1.79. The van der Waals surface area contributed by atoms with E-state index < -0.39 is 10.5 Å². The molecule has 172 valence electrons. The van der Waals surface area contributed by atoms with Crippen LogP contribution in [0, 0.1) is 23.0 Å². The van der Waals surface area contributed by atoms with Gasteiger partial charge in [0.2, 0.25) is 0 Å². The van der Waals surface area contributed by atoms with Gasteiger partial charge >= 0.3 is 0 Å².